The Kier molecular flexibility index (Phi) is 8.04. The molecule has 7 heteroatoms. The van der Waals surface area contributed by atoms with Crippen molar-refractivity contribution in [3.05, 3.63) is 41.2 Å². The molecule has 0 saturated carbocycles. The van der Waals surface area contributed by atoms with Gasteiger partial charge in [0.1, 0.15) is 5.69 Å². The highest BCUT2D eigenvalue weighted by Crippen LogP contribution is 2.27. The summed E-state index contributed by atoms with van der Waals surface area (Å²) in [7, 11) is 3.18. The lowest BCUT2D eigenvalue weighted by molar-refractivity contribution is 0.0945. The highest BCUT2D eigenvalue weighted by atomic mass is 16.5. The molecule has 0 atom stereocenters. The van der Waals surface area contributed by atoms with Crippen molar-refractivity contribution < 1.29 is 14.3 Å². The van der Waals surface area contributed by atoms with Gasteiger partial charge in [-0.05, 0) is 43.5 Å². The molecule has 1 aromatic heterocycles. The number of amides is 1. The molecule has 1 N–H and O–H groups in total. The molecule has 0 spiro atoms. The predicted octanol–water partition coefficient (Wildman–Crippen LogP) is 3.36. The fourth-order valence-corrected chi connectivity index (χ4v) is 2.93. The van der Waals surface area contributed by atoms with Crippen LogP contribution in [0.2, 0.25) is 0 Å². The molecule has 0 aliphatic heterocycles. The molecule has 152 valence electrons. The van der Waals surface area contributed by atoms with Crippen LogP contribution in [0.1, 0.15) is 48.4 Å². The molecule has 0 bridgehead atoms. The lowest BCUT2D eigenvalue weighted by Gasteiger charge is -2.22. The van der Waals surface area contributed by atoms with Crippen LogP contribution < -0.4 is 19.7 Å². The van der Waals surface area contributed by atoms with Gasteiger partial charge in [0.05, 0.1) is 14.2 Å². The molecule has 2 aromatic rings. The van der Waals surface area contributed by atoms with Crippen LogP contribution in [0.15, 0.2) is 24.3 Å². The quantitative estimate of drug-likeness (QED) is 0.675. The molecule has 0 saturated heterocycles. The van der Waals surface area contributed by atoms with Crippen LogP contribution >= 0.6 is 0 Å². The fourth-order valence-electron chi connectivity index (χ4n) is 2.93. The maximum absolute atomic E-state index is 12.7. The zero-order valence-electron chi connectivity index (χ0n) is 17.4. The summed E-state index contributed by atoms with van der Waals surface area (Å²) >= 11 is 0. The average Bonchev–Trinajstić information content (AvgIpc) is 2.71. The van der Waals surface area contributed by atoms with Gasteiger partial charge in [0.15, 0.2) is 11.5 Å². The van der Waals surface area contributed by atoms with E-state index in [1.807, 2.05) is 25.1 Å². The van der Waals surface area contributed by atoms with E-state index in [0.29, 0.717) is 29.7 Å². The molecule has 7 nitrogen and oxygen atoms in total. The molecule has 0 aliphatic carbocycles. The first kappa shape index (κ1) is 21.5. The molecule has 0 fully saturated rings. The second-order valence-electron chi connectivity index (χ2n) is 6.55. The van der Waals surface area contributed by atoms with Crippen molar-refractivity contribution in [2.45, 2.75) is 40.2 Å². The molecular formula is C21H30N4O3. The number of carbonyl (C=O) groups is 1. The summed E-state index contributed by atoms with van der Waals surface area (Å²) in [4.78, 5) is 23.8. The summed E-state index contributed by atoms with van der Waals surface area (Å²) in [6.45, 7) is 8.22. The third kappa shape index (κ3) is 5.58. The van der Waals surface area contributed by atoms with Crippen LogP contribution in [-0.4, -0.2) is 43.2 Å². The predicted molar refractivity (Wildman–Crippen MR) is 110 cm³/mol. The van der Waals surface area contributed by atoms with E-state index < -0.39 is 0 Å². The minimum absolute atomic E-state index is 0.227. The van der Waals surface area contributed by atoms with Gasteiger partial charge < -0.3 is 19.7 Å². The van der Waals surface area contributed by atoms with Crippen LogP contribution in [0.5, 0.6) is 11.5 Å². The Morgan fingerprint density at radius 2 is 1.71 bits per heavy atom. The van der Waals surface area contributed by atoms with Crippen LogP contribution in [0.25, 0.3) is 0 Å². The van der Waals surface area contributed by atoms with Gasteiger partial charge in [-0.15, -0.1) is 0 Å². The summed E-state index contributed by atoms with van der Waals surface area (Å²) in [6, 6.07) is 7.27. The van der Waals surface area contributed by atoms with E-state index in [4.69, 9.17) is 9.47 Å². The molecule has 2 rings (SSSR count). The fraction of sp³-hybridized carbons (Fsp3) is 0.476. The zero-order valence-corrected chi connectivity index (χ0v) is 17.4. The van der Waals surface area contributed by atoms with Gasteiger partial charge in [0, 0.05) is 25.3 Å². The summed E-state index contributed by atoms with van der Waals surface area (Å²) in [6.07, 6.45) is 2.00. The molecule has 1 amide bonds. The van der Waals surface area contributed by atoms with Crippen molar-refractivity contribution in [2.24, 2.45) is 0 Å². The van der Waals surface area contributed by atoms with Gasteiger partial charge in [-0.2, -0.15) is 0 Å². The Labute approximate surface area is 167 Å². The standard InChI is InChI=1S/C21H30N4O3/c1-6-10-25(11-7-2)21-23-15(3)12-17(24-21)20(26)22-14-16-8-9-18(27-4)19(13-16)28-5/h8-9,12-13H,6-7,10-11,14H2,1-5H3,(H,22,26). The minimum atomic E-state index is -0.227. The van der Waals surface area contributed by atoms with Crippen molar-refractivity contribution in [1.29, 1.82) is 0 Å². The largest absolute Gasteiger partial charge is 0.493 e. The monoisotopic (exact) mass is 386 g/mol. The molecule has 1 heterocycles. The number of aromatic nitrogens is 2. The van der Waals surface area contributed by atoms with Gasteiger partial charge >= 0.3 is 0 Å². The smallest absolute Gasteiger partial charge is 0.270 e. The Morgan fingerprint density at radius 3 is 2.32 bits per heavy atom. The molecule has 1 aromatic carbocycles. The van der Waals surface area contributed by atoms with E-state index in [1.54, 1.807) is 20.3 Å². The number of benzene rings is 1. The lowest BCUT2D eigenvalue weighted by atomic mass is 10.2. The van der Waals surface area contributed by atoms with Gasteiger partial charge in [-0.3, -0.25) is 4.79 Å². The Hall–Kier alpha value is -2.83. The van der Waals surface area contributed by atoms with E-state index >= 15 is 0 Å². The highest BCUT2D eigenvalue weighted by Gasteiger charge is 2.15. The number of nitrogens with one attached hydrogen (secondary N) is 1. The number of rotatable bonds is 10. The number of hydrogen-bond donors (Lipinski definition) is 1. The number of anilines is 1. The van der Waals surface area contributed by atoms with E-state index in [9.17, 15) is 4.79 Å². The normalized spacial score (nSPS) is 10.5. The molecule has 0 aliphatic rings. The van der Waals surface area contributed by atoms with E-state index in [1.165, 1.54) is 0 Å². The maximum Gasteiger partial charge on any atom is 0.270 e. The first-order chi connectivity index (χ1) is 13.5. The second-order valence-corrected chi connectivity index (χ2v) is 6.55. The Morgan fingerprint density at radius 1 is 1.04 bits per heavy atom. The zero-order chi connectivity index (χ0) is 20.5. The number of carbonyl (C=O) groups excluding carboxylic acids is 1. The van der Waals surface area contributed by atoms with Gasteiger partial charge in [0.25, 0.3) is 5.91 Å². The number of ether oxygens (including phenoxy) is 2. The van der Waals surface area contributed by atoms with E-state index in [-0.39, 0.29) is 5.91 Å². The van der Waals surface area contributed by atoms with Crippen LogP contribution in [0.3, 0.4) is 0 Å². The molecule has 0 radical (unpaired) electrons. The number of nitrogens with zero attached hydrogens (tertiary/aromatic N) is 3. The third-order valence-corrected chi connectivity index (χ3v) is 4.25. The van der Waals surface area contributed by atoms with E-state index in [2.05, 4.69) is 34.0 Å². The van der Waals surface area contributed by atoms with Crippen molar-refractivity contribution in [3.63, 3.8) is 0 Å². The van der Waals surface area contributed by atoms with Crippen molar-refractivity contribution >= 4 is 11.9 Å². The summed E-state index contributed by atoms with van der Waals surface area (Å²) in [5.41, 5.74) is 2.06. The van der Waals surface area contributed by atoms with E-state index in [0.717, 1.165) is 37.2 Å². The van der Waals surface area contributed by atoms with Gasteiger partial charge in [-0.1, -0.05) is 19.9 Å². The van der Waals surface area contributed by atoms with Crippen LogP contribution in [0, 0.1) is 6.92 Å². The number of methoxy groups -OCH3 is 2. The Balaban J connectivity index is 2.13. The SMILES string of the molecule is CCCN(CCC)c1nc(C)cc(C(=O)NCc2ccc(OC)c(OC)c2)n1. The van der Waals surface area contributed by atoms with Crippen LogP contribution in [0.4, 0.5) is 5.95 Å². The van der Waals surface area contributed by atoms with Gasteiger partial charge in [0.2, 0.25) is 5.95 Å². The number of aryl methyl sites for hydroxylation is 1. The lowest BCUT2D eigenvalue weighted by Crippen LogP contribution is -2.29. The molecule has 28 heavy (non-hydrogen) atoms. The number of hydrogen-bond acceptors (Lipinski definition) is 6. The van der Waals surface area contributed by atoms with Gasteiger partial charge in [-0.25, -0.2) is 9.97 Å². The third-order valence-electron chi connectivity index (χ3n) is 4.25. The first-order valence-corrected chi connectivity index (χ1v) is 9.62. The average molecular weight is 386 g/mol. The topological polar surface area (TPSA) is 76.6 Å². The first-order valence-electron chi connectivity index (χ1n) is 9.62. The summed E-state index contributed by atoms with van der Waals surface area (Å²) < 4.78 is 10.5. The molecular weight excluding hydrogens is 356 g/mol. The second kappa shape index (κ2) is 10.5. The van der Waals surface area contributed by atoms with Crippen molar-refractivity contribution in [3.8, 4) is 11.5 Å². The minimum Gasteiger partial charge on any atom is -0.493 e. The maximum atomic E-state index is 12.7. The Bertz CT molecular complexity index is 789. The molecule has 0 unspecified atom stereocenters. The van der Waals surface area contributed by atoms with Crippen molar-refractivity contribution in [1.82, 2.24) is 15.3 Å². The van der Waals surface area contributed by atoms with Crippen LogP contribution in [-0.2, 0) is 6.54 Å². The summed E-state index contributed by atoms with van der Waals surface area (Å²) in [5.74, 6) is 1.67. The highest BCUT2D eigenvalue weighted by molar-refractivity contribution is 5.92. The summed E-state index contributed by atoms with van der Waals surface area (Å²) in [5, 5.41) is 2.92. The van der Waals surface area contributed by atoms with Crippen molar-refractivity contribution in [2.75, 3.05) is 32.2 Å².